The summed E-state index contributed by atoms with van der Waals surface area (Å²) in [6, 6.07) is 11.9. The van der Waals surface area contributed by atoms with Gasteiger partial charge in [-0.2, -0.15) is 0 Å². The summed E-state index contributed by atoms with van der Waals surface area (Å²) >= 11 is 5.05. The number of nitrogens with zero attached hydrogens (tertiary/aromatic N) is 3. The molecule has 0 spiro atoms. The number of hydrogen-bond donors (Lipinski definition) is 1. The Labute approximate surface area is 96.6 Å². The van der Waals surface area contributed by atoms with E-state index in [1.807, 2.05) is 42.6 Å². The van der Waals surface area contributed by atoms with Crippen molar-refractivity contribution in [1.29, 1.82) is 0 Å². The predicted octanol–water partition coefficient (Wildman–Crippen LogP) is 2.45. The van der Waals surface area contributed by atoms with Gasteiger partial charge in [0.25, 0.3) is 5.78 Å². The van der Waals surface area contributed by atoms with Gasteiger partial charge in [0.15, 0.2) is 0 Å². The highest BCUT2D eigenvalue weighted by atomic mass is 32.1. The third-order valence-electron chi connectivity index (χ3n) is 2.36. The molecule has 0 radical (unpaired) electrons. The Balaban J connectivity index is 2.23. The molecule has 16 heavy (non-hydrogen) atoms. The molecule has 5 heteroatoms. The lowest BCUT2D eigenvalue weighted by atomic mass is 10.1. The number of rotatable bonds is 1. The highest BCUT2D eigenvalue weighted by Gasteiger charge is 2.02. The zero-order chi connectivity index (χ0) is 11.0. The molecule has 0 fully saturated rings. The molecule has 0 saturated carbocycles. The highest BCUT2D eigenvalue weighted by Crippen LogP contribution is 2.16. The maximum atomic E-state index is 5.05. The van der Waals surface area contributed by atoms with Gasteiger partial charge in [0.05, 0.1) is 5.69 Å². The van der Waals surface area contributed by atoms with Crippen molar-refractivity contribution in [2.45, 2.75) is 0 Å². The van der Waals surface area contributed by atoms with Crippen LogP contribution in [0.3, 0.4) is 0 Å². The van der Waals surface area contributed by atoms with E-state index in [1.54, 1.807) is 4.40 Å². The summed E-state index contributed by atoms with van der Waals surface area (Å²) in [4.78, 5) is 4.42. The Morgan fingerprint density at radius 1 is 1.12 bits per heavy atom. The first-order valence-corrected chi connectivity index (χ1v) is 5.24. The smallest absolute Gasteiger partial charge is 0.254 e. The van der Waals surface area contributed by atoms with Crippen molar-refractivity contribution in [3.8, 4) is 11.3 Å². The number of aromatic amines is 1. The zero-order valence-electron chi connectivity index (χ0n) is 8.29. The van der Waals surface area contributed by atoms with E-state index in [0.29, 0.717) is 10.5 Å². The van der Waals surface area contributed by atoms with Crippen LogP contribution in [-0.2, 0) is 0 Å². The molecule has 1 aromatic carbocycles. The number of fused-ring (bicyclic) bond motifs is 1. The van der Waals surface area contributed by atoms with E-state index < -0.39 is 0 Å². The summed E-state index contributed by atoms with van der Waals surface area (Å²) in [7, 11) is 0. The summed E-state index contributed by atoms with van der Waals surface area (Å²) in [5.41, 5.74) is 1.96. The number of nitrogens with one attached hydrogen (secondary N) is 1. The second-order valence-corrected chi connectivity index (χ2v) is 3.76. The van der Waals surface area contributed by atoms with Crippen molar-refractivity contribution in [1.82, 2.24) is 19.6 Å². The van der Waals surface area contributed by atoms with Crippen molar-refractivity contribution in [3.05, 3.63) is 47.4 Å². The van der Waals surface area contributed by atoms with E-state index in [1.165, 1.54) is 0 Å². The summed E-state index contributed by atoms with van der Waals surface area (Å²) in [6.45, 7) is 0. The van der Waals surface area contributed by atoms with Crippen LogP contribution in [0.4, 0.5) is 0 Å². The molecule has 4 nitrogen and oxygen atoms in total. The summed E-state index contributed by atoms with van der Waals surface area (Å²) in [5, 5.41) is 6.75. The van der Waals surface area contributed by atoms with Gasteiger partial charge in [0.1, 0.15) is 0 Å². The lowest BCUT2D eigenvalue weighted by molar-refractivity contribution is 1.07. The van der Waals surface area contributed by atoms with E-state index in [2.05, 4.69) is 15.2 Å². The largest absolute Gasteiger partial charge is 0.260 e. The first-order valence-electron chi connectivity index (χ1n) is 4.84. The minimum atomic E-state index is 0.558. The number of aromatic nitrogens is 4. The molecule has 1 N–H and O–H groups in total. The first kappa shape index (κ1) is 9.23. The second-order valence-electron chi connectivity index (χ2n) is 3.38. The minimum Gasteiger partial charge on any atom is -0.260 e. The Morgan fingerprint density at radius 2 is 1.94 bits per heavy atom. The van der Waals surface area contributed by atoms with E-state index in [4.69, 9.17) is 12.2 Å². The zero-order valence-corrected chi connectivity index (χ0v) is 9.11. The Hall–Kier alpha value is -2.01. The maximum Gasteiger partial charge on any atom is 0.254 e. The molecule has 3 aromatic rings. The van der Waals surface area contributed by atoms with Crippen LogP contribution in [0.1, 0.15) is 0 Å². The molecule has 3 rings (SSSR count). The van der Waals surface area contributed by atoms with Crippen molar-refractivity contribution < 1.29 is 0 Å². The Kier molecular flexibility index (Phi) is 2.04. The molecule has 0 atom stereocenters. The molecular weight excluding hydrogens is 220 g/mol. The average molecular weight is 228 g/mol. The van der Waals surface area contributed by atoms with Gasteiger partial charge in [0.2, 0.25) is 4.77 Å². The molecule has 2 heterocycles. The normalized spacial score (nSPS) is 10.8. The summed E-state index contributed by atoms with van der Waals surface area (Å²) in [5.74, 6) is 0.589. The van der Waals surface area contributed by atoms with Crippen LogP contribution in [0.5, 0.6) is 0 Å². The van der Waals surface area contributed by atoms with Gasteiger partial charge in [-0.15, -0.1) is 5.10 Å². The van der Waals surface area contributed by atoms with E-state index >= 15 is 0 Å². The SMILES string of the molecule is S=c1[nH]nc2nc(-c3ccccc3)ccn12. The standard InChI is InChI=1S/C11H8N4S/c16-11-14-13-10-12-9(6-7-15(10)11)8-4-2-1-3-5-8/h1-7H,(H,14,16). The first-order chi connectivity index (χ1) is 7.84. The van der Waals surface area contributed by atoms with Crippen molar-refractivity contribution in [3.63, 3.8) is 0 Å². The summed E-state index contributed by atoms with van der Waals surface area (Å²) in [6.07, 6.45) is 1.87. The van der Waals surface area contributed by atoms with Crippen molar-refractivity contribution >= 4 is 18.0 Å². The van der Waals surface area contributed by atoms with Gasteiger partial charge >= 0.3 is 0 Å². The number of hydrogen-bond acceptors (Lipinski definition) is 3. The van der Waals surface area contributed by atoms with Crippen LogP contribution in [0.25, 0.3) is 17.0 Å². The molecule has 0 saturated heterocycles. The minimum absolute atomic E-state index is 0.558. The number of H-pyrrole nitrogens is 1. The molecule has 0 aliphatic carbocycles. The van der Waals surface area contributed by atoms with Crippen LogP contribution in [0.15, 0.2) is 42.6 Å². The maximum absolute atomic E-state index is 5.05. The van der Waals surface area contributed by atoms with Gasteiger partial charge in [-0.25, -0.2) is 10.1 Å². The van der Waals surface area contributed by atoms with Gasteiger partial charge in [-0.05, 0) is 18.3 Å². The molecule has 0 amide bonds. The second kappa shape index (κ2) is 3.53. The fourth-order valence-electron chi connectivity index (χ4n) is 1.57. The van der Waals surface area contributed by atoms with Crippen molar-refractivity contribution in [2.75, 3.05) is 0 Å². The fourth-order valence-corrected chi connectivity index (χ4v) is 1.76. The van der Waals surface area contributed by atoms with Crippen LogP contribution in [0.2, 0.25) is 0 Å². The van der Waals surface area contributed by atoms with E-state index in [-0.39, 0.29) is 0 Å². The van der Waals surface area contributed by atoms with Gasteiger partial charge in [-0.3, -0.25) is 4.40 Å². The van der Waals surface area contributed by atoms with Gasteiger partial charge in [-0.1, -0.05) is 30.3 Å². The van der Waals surface area contributed by atoms with Crippen LogP contribution in [-0.4, -0.2) is 19.6 Å². The van der Waals surface area contributed by atoms with Crippen LogP contribution >= 0.6 is 12.2 Å². The molecule has 0 bridgehead atoms. The summed E-state index contributed by atoms with van der Waals surface area (Å²) < 4.78 is 2.30. The number of benzene rings is 1. The monoisotopic (exact) mass is 228 g/mol. The van der Waals surface area contributed by atoms with Crippen molar-refractivity contribution in [2.24, 2.45) is 0 Å². The molecule has 2 aromatic heterocycles. The Morgan fingerprint density at radius 3 is 2.75 bits per heavy atom. The van der Waals surface area contributed by atoms with Gasteiger partial charge in [0, 0.05) is 11.8 Å². The third kappa shape index (κ3) is 1.42. The van der Waals surface area contributed by atoms with E-state index in [0.717, 1.165) is 11.3 Å². The molecule has 0 aliphatic rings. The fraction of sp³-hybridized carbons (Fsp3) is 0. The average Bonchev–Trinajstić information content (AvgIpc) is 2.72. The third-order valence-corrected chi connectivity index (χ3v) is 2.65. The highest BCUT2D eigenvalue weighted by molar-refractivity contribution is 7.71. The predicted molar refractivity (Wildman–Crippen MR) is 63.6 cm³/mol. The topological polar surface area (TPSA) is 46.0 Å². The van der Waals surface area contributed by atoms with Crippen LogP contribution in [0, 0.1) is 4.77 Å². The van der Waals surface area contributed by atoms with Gasteiger partial charge < -0.3 is 0 Å². The van der Waals surface area contributed by atoms with Crippen LogP contribution < -0.4 is 0 Å². The molecule has 0 aliphatic heterocycles. The lowest BCUT2D eigenvalue weighted by Crippen LogP contribution is -1.90. The quantitative estimate of drug-likeness (QED) is 0.651. The molecule has 0 unspecified atom stereocenters. The Bertz CT molecular complexity index is 684. The lowest BCUT2D eigenvalue weighted by Gasteiger charge is -1.99. The van der Waals surface area contributed by atoms with E-state index in [9.17, 15) is 0 Å². The molecular formula is C11H8N4S. The molecule has 78 valence electrons.